The average molecular weight is 315 g/mol. The maximum absolute atomic E-state index is 12.6. The SMILES string of the molecule is O=C1CN(C(=O)[C@H]2CCCNCC2)CCN1Cc1ccccc1. The molecule has 2 amide bonds. The lowest BCUT2D eigenvalue weighted by Crippen LogP contribution is -2.53. The smallest absolute Gasteiger partial charge is 0.242 e. The van der Waals surface area contributed by atoms with Gasteiger partial charge in [0.25, 0.3) is 0 Å². The zero-order chi connectivity index (χ0) is 16.1. The van der Waals surface area contributed by atoms with Gasteiger partial charge in [-0.1, -0.05) is 30.3 Å². The van der Waals surface area contributed by atoms with Crippen molar-refractivity contribution in [3.8, 4) is 0 Å². The Balaban J connectivity index is 1.55. The quantitative estimate of drug-likeness (QED) is 0.913. The van der Waals surface area contributed by atoms with Crippen LogP contribution in [0.4, 0.5) is 0 Å². The average Bonchev–Trinajstić information content (AvgIpc) is 2.86. The summed E-state index contributed by atoms with van der Waals surface area (Å²) in [6.45, 7) is 4.04. The number of carbonyl (C=O) groups is 2. The maximum atomic E-state index is 12.6. The molecule has 0 radical (unpaired) electrons. The molecule has 3 rings (SSSR count). The second-order valence-electron chi connectivity index (χ2n) is 6.44. The minimum atomic E-state index is 0.0557. The Labute approximate surface area is 137 Å². The third kappa shape index (κ3) is 4.10. The molecule has 1 aromatic rings. The van der Waals surface area contributed by atoms with E-state index in [2.05, 4.69) is 5.32 Å². The molecular weight excluding hydrogens is 290 g/mol. The Kier molecular flexibility index (Phi) is 5.28. The molecule has 0 unspecified atom stereocenters. The van der Waals surface area contributed by atoms with Crippen LogP contribution in [0.1, 0.15) is 24.8 Å². The van der Waals surface area contributed by atoms with E-state index in [1.807, 2.05) is 35.2 Å². The summed E-state index contributed by atoms with van der Waals surface area (Å²) in [4.78, 5) is 28.6. The van der Waals surface area contributed by atoms with E-state index in [-0.39, 0.29) is 24.3 Å². The van der Waals surface area contributed by atoms with Crippen LogP contribution >= 0.6 is 0 Å². The Bertz CT molecular complexity index is 538. The Hall–Kier alpha value is -1.88. The Morgan fingerprint density at radius 2 is 1.96 bits per heavy atom. The van der Waals surface area contributed by atoms with Crippen molar-refractivity contribution in [1.82, 2.24) is 15.1 Å². The van der Waals surface area contributed by atoms with Crippen molar-refractivity contribution >= 4 is 11.8 Å². The largest absolute Gasteiger partial charge is 0.335 e. The molecule has 5 nitrogen and oxygen atoms in total. The Morgan fingerprint density at radius 3 is 2.74 bits per heavy atom. The van der Waals surface area contributed by atoms with Crippen LogP contribution in [-0.4, -0.2) is 54.3 Å². The predicted molar refractivity (Wildman–Crippen MR) is 88.6 cm³/mol. The topological polar surface area (TPSA) is 52.7 Å². The van der Waals surface area contributed by atoms with Crippen LogP contribution in [0, 0.1) is 5.92 Å². The molecule has 0 spiro atoms. The van der Waals surface area contributed by atoms with Crippen LogP contribution in [0.25, 0.3) is 0 Å². The zero-order valence-corrected chi connectivity index (χ0v) is 13.5. The molecule has 2 saturated heterocycles. The van der Waals surface area contributed by atoms with Crippen LogP contribution in [0.3, 0.4) is 0 Å². The number of rotatable bonds is 3. The van der Waals surface area contributed by atoms with E-state index < -0.39 is 0 Å². The highest BCUT2D eigenvalue weighted by molar-refractivity contribution is 5.87. The van der Waals surface area contributed by atoms with E-state index in [0.29, 0.717) is 19.6 Å². The number of hydrogen-bond acceptors (Lipinski definition) is 3. The van der Waals surface area contributed by atoms with E-state index >= 15 is 0 Å². The molecule has 2 aliphatic rings. The van der Waals surface area contributed by atoms with Crippen molar-refractivity contribution in [2.75, 3.05) is 32.7 Å². The summed E-state index contributed by atoms with van der Waals surface area (Å²) in [7, 11) is 0. The van der Waals surface area contributed by atoms with Gasteiger partial charge in [0, 0.05) is 25.6 Å². The molecule has 1 aromatic carbocycles. The van der Waals surface area contributed by atoms with Crippen molar-refractivity contribution in [1.29, 1.82) is 0 Å². The van der Waals surface area contributed by atoms with Gasteiger partial charge in [-0.3, -0.25) is 9.59 Å². The lowest BCUT2D eigenvalue weighted by molar-refractivity contribution is -0.148. The van der Waals surface area contributed by atoms with E-state index in [0.717, 1.165) is 37.9 Å². The van der Waals surface area contributed by atoms with Gasteiger partial charge in [0.2, 0.25) is 11.8 Å². The van der Waals surface area contributed by atoms with Gasteiger partial charge in [-0.05, 0) is 37.9 Å². The molecule has 1 atom stereocenters. The molecule has 2 heterocycles. The molecule has 0 bridgehead atoms. The van der Waals surface area contributed by atoms with E-state index in [1.54, 1.807) is 4.90 Å². The highest BCUT2D eigenvalue weighted by Gasteiger charge is 2.31. The molecule has 0 aliphatic carbocycles. The van der Waals surface area contributed by atoms with Gasteiger partial charge < -0.3 is 15.1 Å². The fourth-order valence-electron chi connectivity index (χ4n) is 3.39. The third-order valence-corrected chi connectivity index (χ3v) is 4.77. The van der Waals surface area contributed by atoms with Gasteiger partial charge in [-0.15, -0.1) is 0 Å². The maximum Gasteiger partial charge on any atom is 0.242 e. The minimum Gasteiger partial charge on any atom is -0.335 e. The van der Waals surface area contributed by atoms with E-state index in [4.69, 9.17) is 0 Å². The van der Waals surface area contributed by atoms with Crippen LogP contribution in [0.15, 0.2) is 30.3 Å². The van der Waals surface area contributed by atoms with Gasteiger partial charge in [-0.25, -0.2) is 0 Å². The lowest BCUT2D eigenvalue weighted by atomic mass is 9.98. The third-order valence-electron chi connectivity index (χ3n) is 4.77. The first-order chi connectivity index (χ1) is 11.2. The predicted octanol–water partition coefficient (Wildman–Crippen LogP) is 1.25. The molecule has 23 heavy (non-hydrogen) atoms. The molecule has 124 valence electrons. The van der Waals surface area contributed by atoms with Crippen molar-refractivity contribution < 1.29 is 9.59 Å². The van der Waals surface area contributed by atoms with Crippen LogP contribution in [0.2, 0.25) is 0 Å². The summed E-state index contributed by atoms with van der Waals surface area (Å²) in [6.07, 6.45) is 2.86. The molecular formula is C18H25N3O2. The number of nitrogens with zero attached hydrogens (tertiary/aromatic N) is 2. The van der Waals surface area contributed by atoms with Crippen molar-refractivity contribution in [3.05, 3.63) is 35.9 Å². The van der Waals surface area contributed by atoms with Gasteiger partial charge in [-0.2, -0.15) is 0 Å². The summed E-state index contributed by atoms with van der Waals surface area (Å²) in [5, 5.41) is 3.33. The minimum absolute atomic E-state index is 0.0557. The molecule has 2 aliphatic heterocycles. The van der Waals surface area contributed by atoms with Crippen molar-refractivity contribution in [3.63, 3.8) is 0 Å². The summed E-state index contributed by atoms with van der Waals surface area (Å²) in [6, 6.07) is 10.0. The number of benzene rings is 1. The number of hydrogen-bond donors (Lipinski definition) is 1. The number of amides is 2. The second kappa shape index (κ2) is 7.59. The van der Waals surface area contributed by atoms with Gasteiger partial charge >= 0.3 is 0 Å². The second-order valence-corrected chi connectivity index (χ2v) is 6.44. The molecule has 2 fully saturated rings. The highest BCUT2D eigenvalue weighted by Crippen LogP contribution is 2.19. The molecule has 5 heteroatoms. The number of piperazine rings is 1. The zero-order valence-electron chi connectivity index (χ0n) is 13.5. The van der Waals surface area contributed by atoms with Crippen molar-refractivity contribution in [2.45, 2.75) is 25.8 Å². The summed E-state index contributed by atoms with van der Waals surface area (Å²) >= 11 is 0. The highest BCUT2D eigenvalue weighted by atomic mass is 16.2. The van der Waals surface area contributed by atoms with Crippen molar-refractivity contribution in [2.24, 2.45) is 5.92 Å². The van der Waals surface area contributed by atoms with E-state index in [1.165, 1.54) is 0 Å². The molecule has 1 N–H and O–H groups in total. The monoisotopic (exact) mass is 315 g/mol. The lowest BCUT2D eigenvalue weighted by Gasteiger charge is -2.36. The fraction of sp³-hybridized carbons (Fsp3) is 0.556. The Morgan fingerprint density at radius 1 is 1.13 bits per heavy atom. The summed E-state index contributed by atoms with van der Waals surface area (Å²) in [5.41, 5.74) is 1.13. The summed E-state index contributed by atoms with van der Waals surface area (Å²) < 4.78 is 0. The standard InChI is InChI=1S/C18H25N3O2/c22-17-14-21(18(23)16-7-4-9-19-10-8-16)12-11-20(17)13-15-5-2-1-3-6-15/h1-3,5-6,16,19H,4,7-14H2/t16-/m0/s1. The van der Waals surface area contributed by atoms with Crippen LogP contribution < -0.4 is 5.32 Å². The first-order valence-electron chi connectivity index (χ1n) is 8.55. The fourth-order valence-corrected chi connectivity index (χ4v) is 3.39. The first-order valence-corrected chi connectivity index (χ1v) is 8.55. The van der Waals surface area contributed by atoms with E-state index in [9.17, 15) is 9.59 Å². The first kappa shape index (κ1) is 16.0. The normalized spacial score (nSPS) is 22.8. The van der Waals surface area contributed by atoms with Gasteiger partial charge in [0.15, 0.2) is 0 Å². The van der Waals surface area contributed by atoms with Crippen LogP contribution in [0.5, 0.6) is 0 Å². The number of carbonyl (C=O) groups excluding carboxylic acids is 2. The molecule has 0 aromatic heterocycles. The van der Waals surface area contributed by atoms with Gasteiger partial charge in [0.05, 0.1) is 6.54 Å². The molecule has 0 saturated carbocycles. The van der Waals surface area contributed by atoms with Crippen LogP contribution in [-0.2, 0) is 16.1 Å². The van der Waals surface area contributed by atoms with Gasteiger partial charge in [0.1, 0.15) is 0 Å². The number of nitrogens with one attached hydrogen (secondary N) is 1. The summed E-state index contributed by atoms with van der Waals surface area (Å²) in [5.74, 6) is 0.306.